The van der Waals surface area contributed by atoms with Crippen LogP contribution < -0.4 is 10.2 Å². The smallest absolute Gasteiger partial charge is 0.146 e. The number of halogens is 1. The van der Waals surface area contributed by atoms with E-state index in [1.165, 1.54) is 19.3 Å². The largest absolute Gasteiger partial charge is 0.369 e. The lowest BCUT2D eigenvalue weighted by Gasteiger charge is -2.33. The molecule has 2 rings (SSSR count). The van der Waals surface area contributed by atoms with Gasteiger partial charge in [0.15, 0.2) is 0 Å². The van der Waals surface area contributed by atoms with E-state index in [1.807, 2.05) is 26.1 Å². The summed E-state index contributed by atoms with van der Waals surface area (Å²) < 4.78 is 14.2. The van der Waals surface area contributed by atoms with E-state index in [0.29, 0.717) is 0 Å². The average Bonchev–Trinajstić information content (AvgIpc) is 2.46. The standard InChI is InChI=1S/C16H25FN2/c1-4-13-7-9-19(10-8-13)16-6-5-14(11-15(16)17)12(2)18-3/h5-6,11-13,18H,4,7-10H2,1-3H3. The first-order valence-electron chi connectivity index (χ1n) is 7.37. The summed E-state index contributed by atoms with van der Waals surface area (Å²) in [4.78, 5) is 2.19. The lowest BCUT2D eigenvalue weighted by Crippen LogP contribution is -2.34. The Morgan fingerprint density at radius 1 is 1.37 bits per heavy atom. The molecule has 0 amide bonds. The van der Waals surface area contributed by atoms with Crippen molar-refractivity contribution >= 4 is 5.69 Å². The van der Waals surface area contributed by atoms with Crippen LogP contribution in [0.1, 0.15) is 44.7 Å². The Bertz CT molecular complexity index is 411. The average molecular weight is 264 g/mol. The molecule has 0 aliphatic carbocycles. The fourth-order valence-electron chi connectivity index (χ4n) is 2.80. The second-order valence-electron chi connectivity index (χ2n) is 5.56. The number of anilines is 1. The van der Waals surface area contributed by atoms with Crippen LogP contribution >= 0.6 is 0 Å². The molecular formula is C16H25FN2. The van der Waals surface area contributed by atoms with Crippen LogP contribution in [0.3, 0.4) is 0 Å². The molecule has 1 N–H and O–H groups in total. The molecule has 2 nitrogen and oxygen atoms in total. The zero-order valence-electron chi connectivity index (χ0n) is 12.2. The molecule has 0 spiro atoms. The van der Waals surface area contributed by atoms with E-state index in [-0.39, 0.29) is 11.9 Å². The Kier molecular flexibility index (Phi) is 4.81. The fourth-order valence-corrected chi connectivity index (χ4v) is 2.80. The highest BCUT2D eigenvalue weighted by Gasteiger charge is 2.20. The van der Waals surface area contributed by atoms with Crippen molar-refractivity contribution < 1.29 is 4.39 Å². The third-order valence-corrected chi connectivity index (χ3v) is 4.44. The van der Waals surface area contributed by atoms with Gasteiger partial charge in [0.1, 0.15) is 5.82 Å². The van der Waals surface area contributed by atoms with E-state index in [9.17, 15) is 4.39 Å². The normalized spacial score (nSPS) is 18.6. The van der Waals surface area contributed by atoms with E-state index < -0.39 is 0 Å². The van der Waals surface area contributed by atoms with Crippen molar-refractivity contribution in [1.82, 2.24) is 5.32 Å². The first kappa shape index (κ1) is 14.3. The molecule has 0 saturated carbocycles. The second-order valence-corrected chi connectivity index (χ2v) is 5.56. The molecule has 1 aliphatic heterocycles. The van der Waals surface area contributed by atoms with Crippen molar-refractivity contribution in [3.05, 3.63) is 29.6 Å². The Hall–Kier alpha value is -1.09. The molecule has 1 unspecified atom stereocenters. The van der Waals surface area contributed by atoms with E-state index in [0.717, 1.165) is 30.3 Å². The predicted molar refractivity (Wildman–Crippen MR) is 79.1 cm³/mol. The number of rotatable bonds is 4. The molecule has 1 atom stereocenters. The number of nitrogens with zero attached hydrogens (tertiary/aromatic N) is 1. The maximum Gasteiger partial charge on any atom is 0.146 e. The molecule has 106 valence electrons. The van der Waals surface area contributed by atoms with Crippen LogP contribution in [0.5, 0.6) is 0 Å². The van der Waals surface area contributed by atoms with E-state index in [1.54, 1.807) is 6.07 Å². The third kappa shape index (κ3) is 3.27. The molecular weight excluding hydrogens is 239 g/mol. The minimum Gasteiger partial charge on any atom is -0.369 e. The fraction of sp³-hybridized carbons (Fsp3) is 0.625. The van der Waals surface area contributed by atoms with Gasteiger partial charge in [-0.2, -0.15) is 0 Å². The molecule has 0 radical (unpaired) electrons. The van der Waals surface area contributed by atoms with Gasteiger partial charge in [-0.3, -0.25) is 0 Å². The third-order valence-electron chi connectivity index (χ3n) is 4.44. The van der Waals surface area contributed by atoms with Gasteiger partial charge in [0.25, 0.3) is 0 Å². The number of benzene rings is 1. The van der Waals surface area contributed by atoms with Gasteiger partial charge in [0, 0.05) is 19.1 Å². The number of hydrogen-bond donors (Lipinski definition) is 1. The SMILES string of the molecule is CCC1CCN(c2ccc(C(C)NC)cc2F)CC1. The van der Waals surface area contributed by atoms with Crippen molar-refractivity contribution in [3.8, 4) is 0 Å². The van der Waals surface area contributed by atoms with E-state index in [2.05, 4.69) is 17.1 Å². The first-order valence-corrected chi connectivity index (χ1v) is 7.37. The summed E-state index contributed by atoms with van der Waals surface area (Å²) in [6.45, 7) is 6.25. The highest BCUT2D eigenvalue weighted by molar-refractivity contribution is 5.50. The van der Waals surface area contributed by atoms with Crippen LogP contribution in [0.2, 0.25) is 0 Å². The zero-order valence-corrected chi connectivity index (χ0v) is 12.2. The molecule has 1 saturated heterocycles. The molecule has 1 aromatic rings. The van der Waals surface area contributed by atoms with Crippen LogP contribution in [0.25, 0.3) is 0 Å². The molecule has 1 fully saturated rings. The predicted octanol–water partition coefficient (Wildman–Crippen LogP) is 3.73. The van der Waals surface area contributed by atoms with Crippen LogP contribution in [0.4, 0.5) is 10.1 Å². The van der Waals surface area contributed by atoms with Crippen molar-refractivity contribution in [3.63, 3.8) is 0 Å². The number of hydrogen-bond acceptors (Lipinski definition) is 2. The molecule has 1 heterocycles. The van der Waals surface area contributed by atoms with Gasteiger partial charge in [0.2, 0.25) is 0 Å². The van der Waals surface area contributed by atoms with Crippen LogP contribution in [-0.2, 0) is 0 Å². The molecule has 1 aliphatic rings. The minimum absolute atomic E-state index is 0.0884. The summed E-state index contributed by atoms with van der Waals surface area (Å²) in [6, 6.07) is 5.83. The maximum atomic E-state index is 14.2. The summed E-state index contributed by atoms with van der Waals surface area (Å²) in [5.74, 6) is 0.734. The molecule has 1 aromatic carbocycles. The summed E-state index contributed by atoms with van der Waals surface area (Å²) >= 11 is 0. The van der Waals surface area contributed by atoms with Crippen LogP contribution in [0.15, 0.2) is 18.2 Å². The number of piperidine rings is 1. The number of nitrogens with one attached hydrogen (secondary N) is 1. The lowest BCUT2D eigenvalue weighted by atomic mass is 9.94. The van der Waals surface area contributed by atoms with Crippen molar-refractivity contribution in [2.24, 2.45) is 5.92 Å². The second kappa shape index (κ2) is 6.38. The van der Waals surface area contributed by atoms with E-state index in [4.69, 9.17) is 0 Å². The summed E-state index contributed by atoms with van der Waals surface area (Å²) in [6.07, 6.45) is 3.62. The molecule has 0 aromatic heterocycles. The van der Waals surface area contributed by atoms with Gasteiger partial charge in [-0.05, 0) is 50.4 Å². The quantitative estimate of drug-likeness (QED) is 0.891. The van der Waals surface area contributed by atoms with Crippen molar-refractivity contribution in [2.75, 3.05) is 25.0 Å². The van der Waals surface area contributed by atoms with Crippen molar-refractivity contribution in [1.29, 1.82) is 0 Å². The van der Waals surface area contributed by atoms with Crippen molar-refractivity contribution in [2.45, 2.75) is 39.2 Å². The summed E-state index contributed by atoms with van der Waals surface area (Å²) in [7, 11) is 1.89. The summed E-state index contributed by atoms with van der Waals surface area (Å²) in [5.41, 5.74) is 1.77. The Morgan fingerprint density at radius 3 is 2.58 bits per heavy atom. The summed E-state index contributed by atoms with van der Waals surface area (Å²) in [5, 5.41) is 3.14. The highest BCUT2D eigenvalue weighted by atomic mass is 19.1. The maximum absolute atomic E-state index is 14.2. The highest BCUT2D eigenvalue weighted by Crippen LogP contribution is 2.28. The Morgan fingerprint density at radius 2 is 2.05 bits per heavy atom. The molecule has 0 bridgehead atoms. The van der Waals surface area contributed by atoms with Gasteiger partial charge in [0.05, 0.1) is 5.69 Å². The topological polar surface area (TPSA) is 15.3 Å². The van der Waals surface area contributed by atoms with Gasteiger partial charge in [-0.15, -0.1) is 0 Å². The van der Waals surface area contributed by atoms with E-state index >= 15 is 0 Å². The first-order chi connectivity index (χ1) is 9.15. The monoisotopic (exact) mass is 264 g/mol. The Balaban J connectivity index is 2.09. The Labute approximate surface area is 116 Å². The van der Waals surface area contributed by atoms with Gasteiger partial charge < -0.3 is 10.2 Å². The van der Waals surface area contributed by atoms with Gasteiger partial charge in [-0.1, -0.05) is 19.4 Å². The minimum atomic E-state index is -0.0884. The van der Waals surface area contributed by atoms with Gasteiger partial charge in [-0.25, -0.2) is 4.39 Å². The lowest BCUT2D eigenvalue weighted by molar-refractivity contribution is 0.392. The van der Waals surface area contributed by atoms with Gasteiger partial charge >= 0.3 is 0 Å². The molecule has 19 heavy (non-hydrogen) atoms. The van der Waals surface area contributed by atoms with Crippen LogP contribution in [-0.4, -0.2) is 20.1 Å². The molecule has 3 heteroatoms. The van der Waals surface area contributed by atoms with Crippen LogP contribution in [0, 0.1) is 11.7 Å². The zero-order chi connectivity index (χ0) is 13.8.